The summed E-state index contributed by atoms with van der Waals surface area (Å²) in [5.41, 5.74) is 6.41. The second-order valence-corrected chi connectivity index (χ2v) is 8.50. The lowest BCUT2D eigenvalue weighted by molar-refractivity contribution is -0.160. The van der Waals surface area contributed by atoms with Gasteiger partial charge in [-0.3, -0.25) is 4.79 Å². The largest absolute Gasteiger partial charge is 0.459 e. The summed E-state index contributed by atoms with van der Waals surface area (Å²) in [5, 5.41) is 10.7. The molecule has 4 rings (SSSR count). The Morgan fingerprint density at radius 2 is 2.14 bits per heavy atom. The number of thiol groups is 1. The molecule has 1 saturated carbocycles. The Labute approximate surface area is 127 Å². The molecule has 1 spiro atoms. The van der Waals surface area contributed by atoms with E-state index >= 15 is 0 Å². The Kier molecular flexibility index (Phi) is 2.63. The van der Waals surface area contributed by atoms with Gasteiger partial charge in [-0.25, -0.2) is 0 Å². The zero-order chi connectivity index (χ0) is 15.9. The lowest BCUT2D eigenvalue weighted by Crippen LogP contribution is -2.57. The minimum absolute atomic E-state index is 0.141. The molecule has 2 aliphatic heterocycles. The van der Waals surface area contributed by atoms with Crippen molar-refractivity contribution in [3.05, 3.63) is 21.1 Å². The number of hydrogen-bond acceptors (Lipinski definition) is 4. The summed E-state index contributed by atoms with van der Waals surface area (Å²) in [6.07, 6.45) is -3.46. The Morgan fingerprint density at radius 1 is 1.45 bits per heavy atom. The Balaban J connectivity index is 1.87. The first kappa shape index (κ1) is 14.2. The van der Waals surface area contributed by atoms with Crippen LogP contribution in [0.1, 0.15) is 12.8 Å². The van der Waals surface area contributed by atoms with Crippen molar-refractivity contribution in [1.29, 1.82) is 5.26 Å². The average Bonchev–Trinajstić information content (AvgIpc) is 3.09. The summed E-state index contributed by atoms with van der Waals surface area (Å²) in [6, 6.07) is 1.98. The maximum Gasteiger partial charge on any atom is 0.459 e. The first-order chi connectivity index (χ1) is 10.3. The number of carbonyl (C=O) groups is 1. The molecule has 118 valence electrons. The number of nitrogens with two attached hydrogens (primary N) is 1. The van der Waals surface area contributed by atoms with Crippen molar-refractivity contribution < 1.29 is 18.0 Å². The second-order valence-electron chi connectivity index (χ2n) is 6.40. The molecule has 3 N–H and O–H groups in total. The third-order valence-electron chi connectivity index (χ3n) is 5.33. The number of allylic oxidation sites excluding steroid dienone is 2. The quantitative estimate of drug-likeness (QED) is 0.591. The van der Waals surface area contributed by atoms with Crippen LogP contribution in [0.4, 0.5) is 13.2 Å². The molecule has 3 unspecified atom stereocenters. The molecular formula is C14H14F3N3OS. The molecule has 0 aromatic rings. The van der Waals surface area contributed by atoms with Crippen LogP contribution in [0.5, 0.6) is 0 Å². The number of hydrogen-bond donors (Lipinski definition) is 3. The van der Waals surface area contributed by atoms with Gasteiger partial charge in [0, 0.05) is 18.5 Å². The summed E-state index contributed by atoms with van der Waals surface area (Å²) >= 11 is 0. The molecular weight excluding hydrogens is 315 g/mol. The zero-order valence-electron chi connectivity index (χ0n) is 11.5. The molecule has 0 aromatic heterocycles. The molecule has 22 heavy (non-hydrogen) atoms. The first-order valence-corrected chi connectivity index (χ1v) is 8.41. The van der Waals surface area contributed by atoms with Crippen LogP contribution in [0.3, 0.4) is 0 Å². The average molecular weight is 329 g/mol. The van der Waals surface area contributed by atoms with Crippen molar-refractivity contribution in [3.8, 4) is 6.07 Å². The fourth-order valence-electron chi connectivity index (χ4n) is 4.26. The van der Waals surface area contributed by atoms with Crippen LogP contribution in [0, 0.1) is 28.6 Å². The van der Waals surface area contributed by atoms with Crippen LogP contribution in [-0.4, -0.2) is 24.4 Å². The van der Waals surface area contributed by atoms with Gasteiger partial charge in [-0.15, -0.1) is 10.9 Å². The predicted octanol–water partition coefficient (Wildman–Crippen LogP) is 1.67. The number of fused-ring (bicyclic) bond motifs is 3. The SMILES string of the molecule is N#CC1=C(N)[SH](C(=O)C(F)(F)F)C2=C1C1(CNC1)C1CC1C2. The van der Waals surface area contributed by atoms with E-state index in [9.17, 15) is 23.2 Å². The molecule has 0 aromatic carbocycles. The molecule has 4 aliphatic rings. The van der Waals surface area contributed by atoms with Gasteiger partial charge in [-0.1, -0.05) is 0 Å². The van der Waals surface area contributed by atoms with Gasteiger partial charge in [-0.05, 0) is 35.2 Å². The lowest BCUT2D eigenvalue weighted by Gasteiger charge is -2.47. The maximum atomic E-state index is 12.9. The molecule has 3 atom stereocenters. The van der Waals surface area contributed by atoms with E-state index in [0.29, 0.717) is 41.8 Å². The van der Waals surface area contributed by atoms with Crippen LogP contribution < -0.4 is 11.1 Å². The molecule has 0 bridgehead atoms. The number of halogens is 3. The molecule has 2 aliphatic carbocycles. The highest BCUT2D eigenvalue weighted by Gasteiger charge is 2.64. The minimum atomic E-state index is -4.91. The van der Waals surface area contributed by atoms with E-state index in [4.69, 9.17) is 5.73 Å². The molecule has 0 radical (unpaired) electrons. The zero-order valence-corrected chi connectivity index (χ0v) is 12.4. The Hall–Kier alpha value is -1.46. The highest BCUT2D eigenvalue weighted by Crippen LogP contribution is 2.71. The van der Waals surface area contributed by atoms with Crippen LogP contribution in [0.25, 0.3) is 0 Å². The Morgan fingerprint density at radius 3 is 2.64 bits per heavy atom. The predicted molar refractivity (Wildman–Crippen MR) is 75.4 cm³/mol. The summed E-state index contributed by atoms with van der Waals surface area (Å²) in [6.45, 7) is 1.32. The lowest BCUT2D eigenvalue weighted by atomic mass is 9.65. The molecule has 8 heteroatoms. The van der Waals surface area contributed by atoms with E-state index < -0.39 is 22.2 Å². The van der Waals surface area contributed by atoms with E-state index in [1.54, 1.807) is 0 Å². The number of nitrogens with one attached hydrogen (secondary N) is 1. The van der Waals surface area contributed by atoms with Gasteiger partial charge in [0.2, 0.25) is 0 Å². The standard InChI is InChI=1S/C14H14F3N3OS/c15-14(16,17)12(21)22-9-2-6-1-8(6)13(4-20-5-13)10(9)7(3-18)11(22)19/h6,8,20,22H,1-2,4-5,19H2. The van der Waals surface area contributed by atoms with Crippen LogP contribution in [-0.2, 0) is 4.79 Å². The van der Waals surface area contributed by atoms with Crippen molar-refractivity contribution in [3.63, 3.8) is 0 Å². The summed E-state index contributed by atoms with van der Waals surface area (Å²) in [4.78, 5) is 12.4. The fraction of sp³-hybridized carbons (Fsp3) is 0.571. The van der Waals surface area contributed by atoms with Gasteiger partial charge < -0.3 is 11.1 Å². The van der Waals surface area contributed by atoms with E-state index in [2.05, 4.69) is 5.32 Å². The van der Waals surface area contributed by atoms with Crippen molar-refractivity contribution in [2.45, 2.75) is 19.0 Å². The number of carbonyl (C=O) groups excluding carboxylic acids is 1. The molecule has 0 amide bonds. The van der Waals surface area contributed by atoms with Gasteiger partial charge in [0.05, 0.1) is 10.6 Å². The normalized spacial score (nSPS) is 36.5. The van der Waals surface area contributed by atoms with Crippen molar-refractivity contribution in [2.75, 3.05) is 13.1 Å². The van der Waals surface area contributed by atoms with Crippen molar-refractivity contribution in [2.24, 2.45) is 23.0 Å². The smallest absolute Gasteiger partial charge is 0.393 e. The number of rotatable bonds is 0. The van der Waals surface area contributed by atoms with Gasteiger partial charge in [0.1, 0.15) is 6.07 Å². The molecule has 2 heterocycles. The number of nitrogens with zero attached hydrogens (tertiary/aromatic N) is 1. The van der Waals surface area contributed by atoms with E-state index in [0.717, 1.165) is 6.42 Å². The third-order valence-corrected chi connectivity index (χ3v) is 7.64. The highest BCUT2D eigenvalue weighted by molar-refractivity contribution is 8.36. The second kappa shape index (κ2) is 4.09. The highest BCUT2D eigenvalue weighted by atomic mass is 32.2. The topological polar surface area (TPSA) is 78.9 Å². The number of alkyl halides is 3. The Bertz CT molecular complexity index is 699. The van der Waals surface area contributed by atoms with E-state index in [1.807, 2.05) is 6.07 Å². The molecule has 2 fully saturated rings. The van der Waals surface area contributed by atoms with Crippen LogP contribution in [0.2, 0.25) is 0 Å². The minimum Gasteiger partial charge on any atom is -0.393 e. The summed E-state index contributed by atoms with van der Waals surface area (Å²) in [5.74, 6) is 0.761. The van der Waals surface area contributed by atoms with Crippen LogP contribution >= 0.6 is 10.9 Å². The maximum absolute atomic E-state index is 12.9. The van der Waals surface area contributed by atoms with Crippen molar-refractivity contribution in [1.82, 2.24) is 5.32 Å². The van der Waals surface area contributed by atoms with Crippen molar-refractivity contribution >= 4 is 16.0 Å². The van der Waals surface area contributed by atoms with Gasteiger partial charge in [0.25, 0.3) is 5.12 Å². The van der Waals surface area contributed by atoms with Crippen LogP contribution in [0.15, 0.2) is 21.1 Å². The van der Waals surface area contributed by atoms with Gasteiger partial charge in [0.15, 0.2) is 0 Å². The number of nitriles is 1. The fourth-order valence-corrected chi connectivity index (χ4v) is 6.63. The monoisotopic (exact) mass is 329 g/mol. The van der Waals surface area contributed by atoms with E-state index in [-0.39, 0.29) is 16.0 Å². The molecule has 4 nitrogen and oxygen atoms in total. The third kappa shape index (κ3) is 1.56. The summed E-state index contributed by atoms with van der Waals surface area (Å²) < 4.78 is 38.8. The summed E-state index contributed by atoms with van der Waals surface area (Å²) in [7, 11) is -2.27. The van der Waals surface area contributed by atoms with Gasteiger partial charge >= 0.3 is 6.18 Å². The van der Waals surface area contributed by atoms with Gasteiger partial charge in [-0.2, -0.15) is 18.4 Å². The first-order valence-electron chi connectivity index (χ1n) is 7.07. The molecule has 1 saturated heterocycles. The van der Waals surface area contributed by atoms with E-state index in [1.165, 1.54) is 0 Å².